The molecule has 1 saturated heterocycles. The molecule has 4 nitrogen and oxygen atoms in total. The van der Waals surface area contributed by atoms with E-state index >= 15 is 0 Å². The van der Waals surface area contributed by atoms with Gasteiger partial charge in [0.05, 0.1) is 5.69 Å². The number of nitrogens with one attached hydrogen (secondary N) is 1. The van der Waals surface area contributed by atoms with Crippen LogP contribution in [0.2, 0.25) is 0 Å². The lowest BCUT2D eigenvalue weighted by Gasteiger charge is -2.25. The van der Waals surface area contributed by atoms with Crippen LogP contribution in [0.25, 0.3) is 11.3 Å². The fourth-order valence-corrected chi connectivity index (χ4v) is 2.52. The van der Waals surface area contributed by atoms with Crippen LogP contribution in [0.1, 0.15) is 12.8 Å². The minimum absolute atomic E-state index is 0.267. The van der Waals surface area contributed by atoms with Crippen LogP contribution in [0.3, 0.4) is 0 Å². The minimum Gasteiger partial charge on any atom is -0.488 e. The Bertz CT molecular complexity index is 544. The largest absolute Gasteiger partial charge is 0.488 e. The third-order valence-corrected chi connectivity index (χ3v) is 3.53. The number of hydrogen-bond acceptors (Lipinski definition) is 3. The van der Waals surface area contributed by atoms with Crippen LogP contribution in [-0.4, -0.2) is 29.0 Å². The summed E-state index contributed by atoms with van der Waals surface area (Å²) in [6.45, 7) is 2.03. The molecule has 1 fully saturated rings. The van der Waals surface area contributed by atoms with Gasteiger partial charge in [0.2, 0.25) is 0 Å². The van der Waals surface area contributed by atoms with E-state index in [0.717, 1.165) is 36.5 Å². The highest BCUT2D eigenvalue weighted by molar-refractivity contribution is 5.67. The lowest BCUT2D eigenvalue weighted by Crippen LogP contribution is -2.37. The Hall–Kier alpha value is -1.81. The molecule has 100 valence electrons. The maximum Gasteiger partial charge on any atom is 0.129 e. The molecule has 2 aromatic rings. The number of piperidine rings is 1. The summed E-state index contributed by atoms with van der Waals surface area (Å²) in [4.78, 5) is 0. The molecule has 1 unspecified atom stereocenters. The van der Waals surface area contributed by atoms with Crippen molar-refractivity contribution in [3.8, 4) is 17.0 Å². The number of aryl methyl sites for hydroxylation is 1. The molecule has 0 radical (unpaired) electrons. The number of aromatic nitrogens is 2. The summed E-state index contributed by atoms with van der Waals surface area (Å²) in [6.07, 6.45) is 4.38. The van der Waals surface area contributed by atoms with Crippen LogP contribution >= 0.6 is 0 Å². The molecule has 1 aliphatic heterocycles. The van der Waals surface area contributed by atoms with Crippen LogP contribution in [0.5, 0.6) is 5.75 Å². The quantitative estimate of drug-likeness (QED) is 0.916. The van der Waals surface area contributed by atoms with E-state index in [-0.39, 0.29) is 6.10 Å². The van der Waals surface area contributed by atoms with Gasteiger partial charge in [0.1, 0.15) is 11.9 Å². The Morgan fingerprint density at radius 3 is 2.95 bits per heavy atom. The summed E-state index contributed by atoms with van der Waals surface area (Å²) in [7, 11) is 1.95. The highest BCUT2D eigenvalue weighted by Crippen LogP contribution is 2.30. The molecule has 1 aromatic carbocycles. The predicted octanol–water partition coefficient (Wildman–Crippen LogP) is 2.22. The molecular weight excluding hydrogens is 238 g/mol. The zero-order valence-corrected chi connectivity index (χ0v) is 11.2. The Labute approximate surface area is 113 Å². The van der Waals surface area contributed by atoms with Gasteiger partial charge in [-0.05, 0) is 37.6 Å². The van der Waals surface area contributed by atoms with Crippen molar-refractivity contribution in [2.75, 3.05) is 13.1 Å². The van der Waals surface area contributed by atoms with E-state index in [1.54, 1.807) is 0 Å². The minimum atomic E-state index is 0.267. The van der Waals surface area contributed by atoms with Crippen molar-refractivity contribution in [1.29, 1.82) is 0 Å². The van der Waals surface area contributed by atoms with Crippen molar-refractivity contribution < 1.29 is 4.74 Å². The van der Waals surface area contributed by atoms with Gasteiger partial charge in [-0.25, -0.2) is 0 Å². The number of benzene rings is 1. The molecule has 19 heavy (non-hydrogen) atoms. The molecule has 1 N–H and O–H groups in total. The first-order chi connectivity index (χ1) is 9.34. The van der Waals surface area contributed by atoms with E-state index in [1.165, 1.54) is 6.42 Å². The maximum atomic E-state index is 6.16. The normalized spacial score (nSPS) is 19.3. The van der Waals surface area contributed by atoms with E-state index < -0.39 is 0 Å². The lowest BCUT2D eigenvalue weighted by atomic mass is 10.1. The summed E-state index contributed by atoms with van der Waals surface area (Å²) in [5.41, 5.74) is 2.19. The summed E-state index contributed by atoms with van der Waals surface area (Å²) in [5.74, 6) is 0.944. The van der Waals surface area contributed by atoms with Crippen LogP contribution in [0, 0.1) is 0 Å². The van der Waals surface area contributed by atoms with E-state index in [2.05, 4.69) is 16.5 Å². The highest BCUT2D eigenvalue weighted by Gasteiger charge is 2.17. The number of nitrogens with zero attached hydrogens (tertiary/aromatic N) is 2. The third-order valence-electron chi connectivity index (χ3n) is 3.53. The van der Waals surface area contributed by atoms with Gasteiger partial charge in [-0.15, -0.1) is 0 Å². The van der Waals surface area contributed by atoms with Crippen LogP contribution in [-0.2, 0) is 7.05 Å². The topological polar surface area (TPSA) is 39.1 Å². The molecular formula is C15H19N3O. The van der Waals surface area contributed by atoms with E-state index in [0.29, 0.717) is 0 Å². The van der Waals surface area contributed by atoms with E-state index in [9.17, 15) is 0 Å². The number of para-hydroxylation sites is 1. The molecule has 0 saturated carbocycles. The fourth-order valence-electron chi connectivity index (χ4n) is 2.52. The molecule has 1 atom stereocenters. The monoisotopic (exact) mass is 257 g/mol. The first-order valence-electron chi connectivity index (χ1n) is 6.79. The standard InChI is InChI=1S/C15H19N3O/c1-18-14(8-10-17-18)13-6-2-3-7-15(13)19-12-5-4-9-16-11-12/h2-3,6-8,10,12,16H,4-5,9,11H2,1H3. The van der Waals surface area contributed by atoms with Gasteiger partial charge in [-0.2, -0.15) is 5.10 Å². The van der Waals surface area contributed by atoms with Gasteiger partial charge in [0.25, 0.3) is 0 Å². The summed E-state index contributed by atoms with van der Waals surface area (Å²) in [6, 6.07) is 10.2. The van der Waals surface area contributed by atoms with Crippen LogP contribution in [0.15, 0.2) is 36.5 Å². The first-order valence-corrected chi connectivity index (χ1v) is 6.79. The SMILES string of the molecule is Cn1nccc1-c1ccccc1OC1CCCNC1. The smallest absolute Gasteiger partial charge is 0.129 e. The fraction of sp³-hybridized carbons (Fsp3) is 0.400. The average Bonchev–Trinajstić information content (AvgIpc) is 2.87. The van der Waals surface area contributed by atoms with Crippen LogP contribution in [0.4, 0.5) is 0 Å². The van der Waals surface area contributed by atoms with Crippen molar-refractivity contribution in [3.05, 3.63) is 36.5 Å². The molecule has 0 bridgehead atoms. The van der Waals surface area contributed by atoms with E-state index in [4.69, 9.17) is 4.74 Å². The number of hydrogen-bond donors (Lipinski definition) is 1. The lowest BCUT2D eigenvalue weighted by molar-refractivity contribution is 0.168. The molecule has 1 aromatic heterocycles. The second kappa shape index (κ2) is 5.45. The molecule has 0 aliphatic carbocycles. The Morgan fingerprint density at radius 1 is 1.32 bits per heavy atom. The molecule has 0 amide bonds. The van der Waals surface area contributed by atoms with Crippen LogP contribution < -0.4 is 10.1 Å². The molecule has 3 rings (SSSR count). The first kappa shape index (κ1) is 12.2. The molecule has 0 spiro atoms. The summed E-state index contributed by atoms with van der Waals surface area (Å²) in [5, 5.41) is 7.61. The number of rotatable bonds is 3. The zero-order valence-electron chi connectivity index (χ0n) is 11.2. The van der Waals surface area contributed by atoms with Gasteiger partial charge < -0.3 is 10.1 Å². The van der Waals surface area contributed by atoms with Crippen molar-refractivity contribution >= 4 is 0 Å². The Balaban J connectivity index is 1.87. The van der Waals surface area contributed by atoms with Crippen molar-refractivity contribution in [1.82, 2.24) is 15.1 Å². The van der Waals surface area contributed by atoms with Gasteiger partial charge in [0.15, 0.2) is 0 Å². The van der Waals surface area contributed by atoms with Gasteiger partial charge >= 0.3 is 0 Å². The molecule has 2 heterocycles. The maximum absolute atomic E-state index is 6.16. The number of ether oxygens (including phenoxy) is 1. The van der Waals surface area contributed by atoms with Gasteiger partial charge in [-0.1, -0.05) is 12.1 Å². The third kappa shape index (κ3) is 2.63. The second-order valence-corrected chi connectivity index (χ2v) is 4.92. The van der Waals surface area contributed by atoms with Crippen molar-refractivity contribution in [3.63, 3.8) is 0 Å². The molecule has 1 aliphatic rings. The predicted molar refractivity (Wildman–Crippen MR) is 75.2 cm³/mol. The highest BCUT2D eigenvalue weighted by atomic mass is 16.5. The second-order valence-electron chi connectivity index (χ2n) is 4.92. The van der Waals surface area contributed by atoms with Gasteiger partial charge in [0, 0.05) is 25.4 Å². The summed E-state index contributed by atoms with van der Waals surface area (Å²) >= 11 is 0. The molecule has 4 heteroatoms. The summed E-state index contributed by atoms with van der Waals surface area (Å²) < 4.78 is 8.04. The zero-order chi connectivity index (χ0) is 13.1. The van der Waals surface area contributed by atoms with E-state index in [1.807, 2.05) is 42.2 Å². The Morgan fingerprint density at radius 2 is 2.21 bits per heavy atom. The average molecular weight is 257 g/mol. The van der Waals surface area contributed by atoms with Gasteiger partial charge in [-0.3, -0.25) is 4.68 Å². The van der Waals surface area contributed by atoms with Crippen molar-refractivity contribution in [2.24, 2.45) is 7.05 Å². The van der Waals surface area contributed by atoms with Crippen molar-refractivity contribution in [2.45, 2.75) is 18.9 Å². The Kier molecular flexibility index (Phi) is 3.51.